The van der Waals surface area contributed by atoms with Crippen LogP contribution in [0.1, 0.15) is 104 Å². The van der Waals surface area contributed by atoms with Crippen molar-refractivity contribution < 1.29 is 47.6 Å². The third-order valence-corrected chi connectivity index (χ3v) is 5.65. The van der Waals surface area contributed by atoms with Gasteiger partial charge in [0.1, 0.15) is 10.1 Å². The maximum absolute atomic E-state index is 11.2. The third kappa shape index (κ3) is 12.8. The maximum Gasteiger partial charge on any atom is 1.00 e. The second-order valence-electron chi connectivity index (χ2n) is 6.44. The standard InChI is InChI=1S/C17H36O4S.Na/c1-3-5-7-8-9-10-11-12-13-14-16-17(18,15-6-4-2)22(19,20)21;/h18H,3-16H2,1-2H3,(H,19,20,21);/q;+1/p-1. The predicted octanol–water partition coefficient (Wildman–Crippen LogP) is 1.73. The van der Waals surface area contributed by atoms with Crippen LogP contribution in [0.4, 0.5) is 0 Å². The van der Waals surface area contributed by atoms with Crippen molar-refractivity contribution in [2.75, 3.05) is 0 Å². The second kappa shape index (κ2) is 15.2. The molecule has 6 heteroatoms. The SMILES string of the molecule is CCCCCCCCCCCCC(O)(CCCC)S(=O)(=O)[O-].[Na+]. The van der Waals surface area contributed by atoms with Crippen LogP contribution >= 0.6 is 0 Å². The van der Waals surface area contributed by atoms with Crippen molar-refractivity contribution in [2.45, 2.75) is 109 Å². The fraction of sp³-hybridized carbons (Fsp3) is 1.00. The molecule has 1 atom stereocenters. The molecule has 23 heavy (non-hydrogen) atoms. The summed E-state index contributed by atoms with van der Waals surface area (Å²) in [5, 5.41) is 10.1. The quantitative estimate of drug-likeness (QED) is 0.275. The molecular weight excluding hydrogens is 323 g/mol. The summed E-state index contributed by atoms with van der Waals surface area (Å²) in [6, 6.07) is 0. The van der Waals surface area contributed by atoms with Crippen LogP contribution < -0.4 is 29.6 Å². The number of aliphatic hydroxyl groups is 1. The van der Waals surface area contributed by atoms with Gasteiger partial charge in [0.05, 0.1) is 0 Å². The van der Waals surface area contributed by atoms with Gasteiger partial charge in [-0.05, 0) is 25.7 Å². The van der Waals surface area contributed by atoms with Gasteiger partial charge in [0, 0.05) is 0 Å². The molecule has 0 saturated carbocycles. The Morgan fingerprint density at radius 2 is 1.09 bits per heavy atom. The normalized spacial score (nSPS) is 14.3. The Morgan fingerprint density at radius 1 is 0.739 bits per heavy atom. The van der Waals surface area contributed by atoms with Crippen molar-refractivity contribution >= 4 is 10.1 Å². The van der Waals surface area contributed by atoms with E-state index in [1.165, 1.54) is 38.5 Å². The molecule has 0 saturated heterocycles. The van der Waals surface area contributed by atoms with Gasteiger partial charge in [0.25, 0.3) is 0 Å². The van der Waals surface area contributed by atoms with Crippen molar-refractivity contribution in [1.29, 1.82) is 0 Å². The van der Waals surface area contributed by atoms with E-state index < -0.39 is 15.1 Å². The fourth-order valence-electron chi connectivity index (χ4n) is 2.72. The first-order chi connectivity index (χ1) is 10.4. The first kappa shape index (κ1) is 26.1. The van der Waals surface area contributed by atoms with E-state index in [4.69, 9.17) is 0 Å². The minimum absolute atomic E-state index is 0. The average Bonchev–Trinajstić information content (AvgIpc) is 2.46. The molecule has 0 aromatic heterocycles. The summed E-state index contributed by atoms with van der Waals surface area (Å²) in [6.45, 7) is 4.13. The van der Waals surface area contributed by atoms with E-state index in [-0.39, 0.29) is 42.4 Å². The fourth-order valence-corrected chi connectivity index (χ4v) is 3.51. The van der Waals surface area contributed by atoms with Crippen LogP contribution in [0.5, 0.6) is 0 Å². The molecule has 0 fully saturated rings. The van der Waals surface area contributed by atoms with Gasteiger partial charge >= 0.3 is 29.6 Å². The number of unbranched alkanes of at least 4 members (excludes halogenated alkanes) is 10. The van der Waals surface area contributed by atoms with Crippen LogP contribution in [0, 0.1) is 0 Å². The monoisotopic (exact) mass is 358 g/mol. The van der Waals surface area contributed by atoms with Crippen molar-refractivity contribution in [2.24, 2.45) is 0 Å². The van der Waals surface area contributed by atoms with Crippen molar-refractivity contribution in [3.63, 3.8) is 0 Å². The Bertz CT molecular complexity index is 360. The van der Waals surface area contributed by atoms with Gasteiger partial charge in [0.15, 0.2) is 4.93 Å². The third-order valence-electron chi connectivity index (χ3n) is 4.31. The van der Waals surface area contributed by atoms with E-state index in [9.17, 15) is 18.1 Å². The molecule has 0 aromatic rings. The summed E-state index contributed by atoms with van der Waals surface area (Å²) in [5.74, 6) is 0. The number of hydrogen-bond acceptors (Lipinski definition) is 4. The van der Waals surface area contributed by atoms with E-state index in [2.05, 4.69) is 6.92 Å². The number of hydrogen-bond donors (Lipinski definition) is 1. The van der Waals surface area contributed by atoms with Gasteiger partial charge in [-0.1, -0.05) is 78.1 Å². The largest absolute Gasteiger partial charge is 1.00 e. The molecule has 1 N–H and O–H groups in total. The molecule has 0 aliphatic heterocycles. The van der Waals surface area contributed by atoms with E-state index >= 15 is 0 Å². The molecule has 1 unspecified atom stereocenters. The zero-order valence-corrected chi connectivity index (χ0v) is 18.3. The van der Waals surface area contributed by atoms with Gasteiger partial charge in [0.2, 0.25) is 0 Å². The van der Waals surface area contributed by atoms with E-state index in [1.807, 2.05) is 6.92 Å². The Hall–Kier alpha value is 0.870. The Morgan fingerprint density at radius 3 is 1.48 bits per heavy atom. The Labute approximate surface area is 165 Å². The van der Waals surface area contributed by atoms with Crippen LogP contribution in [-0.2, 0) is 10.1 Å². The average molecular weight is 359 g/mol. The molecule has 0 spiro atoms. The van der Waals surface area contributed by atoms with Crippen LogP contribution in [0.25, 0.3) is 0 Å². The maximum atomic E-state index is 11.2. The molecule has 0 amide bonds. The Kier molecular flexibility index (Phi) is 17.2. The van der Waals surface area contributed by atoms with Crippen LogP contribution in [-0.4, -0.2) is 23.0 Å². The van der Waals surface area contributed by atoms with Gasteiger partial charge in [-0.2, -0.15) is 0 Å². The topological polar surface area (TPSA) is 77.4 Å². The molecule has 0 rings (SSSR count). The summed E-state index contributed by atoms with van der Waals surface area (Å²) < 4.78 is 33.7. The van der Waals surface area contributed by atoms with E-state index in [1.54, 1.807) is 0 Å². The zero-order valence-electron chi connectivity index (χ0n) is 15.5. The van der Waals surface area contributed by atoms with Gasteiger partial charge < -0.3 is 9.66 Å². The van der Waals surface area contributed by atoms with Gasteiger partial charge in [-0.15, -0.1) is 0 Å². The summed E-state index contributed by atoms with van der Waals surface area (Å²) in [7, 11) is -4.64. The molecular formula is C17H35NaO4S. The van der Waals surface area contributed by atoms with Crippen LogP contribution in [0.2, 0.25) is 0 Å². The molecule has 0 heterocycles. The molecule has 134 valence electrons. The summed E-state index contributed by atoms with van der Waals surface area (Å²) >= 11 is 0. The van der Waals surface area contributed by atoms with Crippen molar-refractivity contribution in [3.8, 4) is 0 Å². The van der Waals surface area contributed by atoms with Crippen molar-refractivity contribution in [3.05, 3.63) is 0 Å². The first-order valence-corrected chi connectivity index (χ1v) is 10.5. The molecule has 0 radical (unpaired) electrons. The van der Waals surface area contributed by atoms with Gasteiger partial charge in [-0.25, -0.2) is 8.42 Å². The minimum Gasteiger partial charge on any atom is -0.746 e. The van der Waals surface area contributed by atoms with E-state index in [0.717, 1.165) is 25.7 Å². The van der Waals surface area contributed by atoms with Crippen LogP contribution in [0.3, 0.4) is 0 Å². The molecule has 0 aliphatic rings. The van der Waals surface area contributed by atoms with E-state index in [0.29, 0.717) is 12.8 Å². The smallest absolute Gasteiger partial charge is 0.746 e. The molecule has 4 nitrogen and oxygen atoms in total. The van der Waals surface area contributed by atoms with Gasteiger partial charge in [-0.3, -0.25) is 0 Å². The first-order valence-electron chi connectivity index (χ1n) is 9.05. The summed E-state index contributed by atoms with van der Waals surface area (Å²) in [4.78, 5) is -2.05. The minimum atomic E-state index is -4.64. The van der Waals surface area contributed by atoms with Crippen molar-refractivity contribution in [1.82, 2.24) is 0 Å². The van der Waals surface area contributed by atoms with Crippen LogP contribution in [0.15, 0.2) is 0 Å². The molecule has 0 aromatic carbocycles. The molecule has 0 aliphatic carbocycles. The number of rotatable bonds is 15. The Balaban J connectivity index is 0. The zero-order chi connectivity index (χ0) is 16.9. The second-order valence-corrected chi connectivity index (χ2v) is 8.10. The molecule has 0 bridgehead atoms. The summed E-state index contributed by atoms with van der Waals surface area (Å²) in [6.07, 6.45) is 12.9. The predicted molar refractivity (Wildman–Crippen MR) is 90.6 cm³/mol. The summed E-state index contributed by atoms with van der Waals surface area (Å²) in [5.41, 5.74) is 0.